The summed E-state index contributed by atoms with van der Waals surface area (Å²) in [6.45, 7) is 5.63. The number of aryl methyl sites for hydroxylation is 2. The second-order valence-electron chi connectivity index (χ2n) is 7.51. The molecular formula is C20H27N5O2S. The van der Waals surface area contributed by atoms with E-state index in [1.54, 1.807) is 9.47 Å². The third-order valence-electron chi connectivity index (χ3n) is 5.17. The van der Waals surface area contributed by atoms with E-state index in [4.69, 9.17) is 12.2 Å². The Kier molecular flexibility index (Phi) is 6.28. The fraction of sp³-hybridized carbons (Fsp3) is 0.500. The lowest BCUT2D eigenvalue weighted by atomic mass is 9.96. The predicted molar refractivity (Wildman–Crippen MR) is 110 cm³/mol. The zero-order valence-corrected chi connectivity index (χ0v) is 17.4. The summed E-state index contributed by atoms with van der Waals surface area (Å²) in [7, 11) is 1.85. The summed E-state index contributed by atoms with van der Waals surface area (Å²) < 4.78 is 2.36. The molecule has 0 bridgehead atoms. The standard InChI is InChI=1S/C20H27N5O2S/c1-13-9-14(2)11-16(10-13)19(27)25-8-4-5-15(12-25)18(26)21-7-6-17-22-23-20(28)24(17)3/h9-11,15H,4-8,12H2,1-3H3,(H,21,26)(H,23,28). The predicted octanol–water partition coefficient (Wildman–Crippen LogP) is 2.31. The molecule has 0 aliphatic carbocycles. The quantitative estimate of drug-likeness (QED) is 0.753. The van der Waals surface area contributed by atoms with Gasteiger partial charge in [-0.3, -0.25) is 14.7 Å². The average molecular weight is 402 g/mol. The lowest BCUT2D eigenvalue weighted by Gasteiger charge is -2.32. The minimum atomic E-state index is -0.175. The fourth-order valence-corrected chi connectivity index (χ4v) is 3.85. The average Bonchev–Trinajstić information content (AvgIpc) is 2.99. The molecule has 1 unspecified atom stereocenters. The molecule has 1 aromatic heterocycles. The Bertz CT molecular complexity index is 913. The van der Waals surface area contributed by atoms with Gasteiger partial charge >= 0.3 is 0 Å². The Balaban J connectivity index is 1.56. The molecule has 1 aromatic carbocycles. The van der Waals surface area contributed by atoms with E-state index in [-0.39, 0.29) is 17.7 Å². The Hall–Kier alpha value is -2.48. The van der Waals surface area contributed by atoms with Gasteiger partial charge in [-0.25, -0.2) is 0 Å². The number of piperidine rings is 1. The molecule has 2 N–H and O–H groups in total. The monoisotopic (exact) mass is 401 g/mol. The van der Waals surface area contributed by atoms with Crippen LogP contribution in [0, 0.1) is 24.5 Å². The summed E-state index contributed by atoms with van der Waals surface area (Å²) in [5.74, 6) is 0.632. The Morgan fingerprint density at radius 3 is 2.64 bits per heavy atom. The largest absolute Gasteiger partial charge is 0.355 e. The second-order valence-corrected chi connectivity index (χ2v) is 7.90. The van der Waals surface area contributed by atoms with Crippen molar-refractivity contribution in [2.75, 3.05) is 19.6 Å². The normalized spacial score (nSPS) is 16.8. The number of carbonyl (C=O) groups excluding carboxylic acids is 2. The van der Waals surface area contributed by atoms with Crippen molar-refractivity contribution in [2.45, 2.75) is 33.1 Å². The van der Waals surface area contributed by atoms with Gasteiger partial charge in [-0.05, 0) is 51.0 Å². The van der Waals surface area contributed by atoms with Crippen LogP contribution >= 0.6 is 12.2 Å². The third kappa shape index (κ3) is 4.67. The number of benzene rings is 1. The van der Waals surface area contributed by atoms with Crippen LogP contribution in [0.3, 0.4) is 0 Å². The van der Waals surface area contributed by atoms with Gasteiger partial charge in [0.05, 0.1) is 5.92 Å². The topological polar surface area (TPSA) is 83.0 Å². The van der Waals surface area contributed by atoms with Crippen LogP contribution in [0.2, 0.25) is 0 Å². The molecule has 8 heteroatoms. The van der Waals surface area contributed by atoms with Crippen LogP contribution in [-0.4, -0.2) is 51.1 Å². The minimum Gasteiger partial charge on any atom is -0.355 e. The van der Waals surface area contributed by atoms with Crippen molar-refractivity contribution in [1.82, 2.24) is 25.0 Å². The molecule has 1 fully saturated rings. The van der Waals surface area contributed by atoms with Crippen LogP contribution in [0.25, 0.3) is 0 Å². The number of nitrogens with one attached hydrogen (secondary N) is 2. The number of aromatic nitrogens is 3. The molecule has 7 nitrogen and oxygen atoms in total. The number of hydrogen-bond acceptors (Lipinski definition) is 4. The van der Waals surface area contributed by atoms with Crippen LogP contribution in [0.4, 0.5) is 0 Å². The van der Waals surface area contributed by atoms with E-state index in [2.05, 4.69) is 21.6 Å². The summed E-state index contributed by atoms with van der Waals surface area (Å²) in [5, 5.41) is 9.86. The molecular weight excluding hydrogens is 374 g/mol. The van der Waals surface area contributed by atoms with Gasteiger partial charge in [-0.1, -0.05) is 17.2 Å². The van der Waals surface area contributed by atoms with E-state index in [1.165, 1.54) is 0 Å². The van der Waals surface area contributed by atoms with Gasteiger partial charge in [0, 0.05) is 38.7 Å². The van der Waals surface area contributed by atoms with Crippen LogP contribution in [0.5, 0.6) is 0 Å². The van der Waals surface area contributed by atoms with E-state index < -0.39 is 0 Å². The Morgan fingerprint density at radius 2 is 2.00 bits per heavy atom. The van der Waals surface area contributed by atoms with Crippen molar-refractivity contribution in [3.63, 3.8) is 0 Å². The maximum absolute atomic E-state index is 12.9. The number of rotatable bonds is 5. The van der Waals surface area contributed by atoms with Crippen LogP contribution in [-0.2, 0) is 18.3 Å². The molecule has 1 aliphatic rings. The Labute approximate surface area is 170 Å². The lowest BCUT2D eigenvalue weighted by molar-refractivity contribution is -0.126. The van der Waals surface area contributed by atoms with Crippen LogP contribution < -0.4 is 5.32 Å². The van der Waals surface area contributed by atoms with E-state index in [1.807, 2.05) is 33.0 Å². The van der Waals surface area contributed by atoms with E-state index >= 15 is 0 Å². The summed E-state index contributed by atoms with van der Waals surface area (Å²) in [4.78, 5) is 27.3. The van der Waals surface area contributed by atoms with Gasteiger partial charge in [-0.15, -0.1) is 0 Å². The lowest BCUT2D eigenvalue weighted by Crippen LogP contribution is -2.45. The highest BCUT2D eigenvalue weighted by atomic mass is 32.1. The van der Waals surface area contributed by atoms with Crippen molar-refractivity contribution < 1.29 is 9.59 Å². The molecule has 2 aromatic rings. The highest BCUT2D eigenvalue weighted by Crippen LogP contribution is 2.20. The van der Waals surface area contributed by atoms with E-state index in [0.29, 0.717) is 36.4 Å². The number of hydrogen-bond donors (Lipinski definition) is 2. The van der Waals surface area contributed by atoms with Gasteiger partial charge in [-0.2, -0.15) is 5.10 Å². The van der Waals surface area contributed by atoms with Crippen molar-refractivity contribution in [3.8, 4) is 0 Å². The SMILES string of the molecule is Cc1cc(C)cc(C(=O)N2CCCC(C(=O)NCCc3n[nH]c(=S)n3C)C2)c1. The molecule has 2 amide bonds. The first kappa shape index (κ1) is 20.3. The molecule has 28 heavy (non-hydrogen) atoms. The van der Waals surface area contributed by atoms with Crippen LogP contribution in [0.15, 0.2) is 18.2 Å². The molecule has 0 spiro atoms. The number of H-pyrrole nitrogens is 1. The molecule has 1 saturated heterocycles. The third-order valence-corrected chi connectivity index (χ3v) is 5.53. The van der Waals surface area contributed by atoms with Crippen LogP contribution in [0.1, 0.15) is 40.2 Å². The minimum absolute atomic E-state index is 0.00490. The number of amides is 2. The first-order chi connectivity index (χ1) is 13.3. The van der Waals surface area contributed by atoms with E-state index in [9.17, 15) is 9.59 Å². The molecule has 3 rings (SSSR count). The summed E-state index contributed by atoms with van der Waals surface area (Å²) in [6.07, 6.45) is 2.24. The van der Waals surface area contributed by atoms with Gasteiger partial charge in [0.15, 0.2) is 4.77 Å². The smallest absolute Gasteiger partial charge is 0.253 e. The summed E-state index contributed by atoms with van der Waals surface area (Å²) in [6, 6.07) is 5.88. The highest BCUT2D eigenvalue weighted by molar-refractivity contribution is 7.71. The van der Waals surface area contributed by atoms with Gasteiger partial charge in [0.1, 0.15) is 5.82 Å². The second kappa shape index (κ2) is 8.68. The zero-order chi connectivity index (χ0) is 20.3. The molecule has 1 atom stereocenters. The number of nitrogens with zero attached hydrogens (tertiary/aromatic N) is 3. The first-order valence-corrected chi connectivity index (χ1v) is 10.0. The molecule has 1 aliphatic heterocycles. The summed E-state index contributed by atoms with van der Waals surface area (Å²) in [5.41, 5.74) is 2.84. The maximum atomic E-state index is 12.9. The molecule has 2 heterocycles. The van der Waals surface area contributed by atoms with Gasteiger partial charge < -0.3 is 14.8 Å². The number of likely N-dealkylation sites (tertiary alicyclic amines) is 1. The van der Waals surface area contributed by atoms with Crippen molar-refractivity contribution in [2.24, 2.45) is 13.0 Å². The first-order valence-electron chi connectivity index (χ1n) is 9.60. The van der Waals surface area contributed by atoms with Gasteiger partial charge in [0.25, 0.3) is 5.91 Å². The fourth-order valence-electron chi connectivity index (χ4n) is 3.70. The number of carbonyl (C=O) groups is 2. The van der Waals surface area contributed by atoms with Crippen molar-refractivity contribution >= 4 is 24.0 Å². The van der Waals surface area contributed by atoms with E-state index in [0.717, 1.165) is 29.8 Å². The highest BCUT2D eigenvalue weighted by Gasteiger charge is 2.29. The van der Waals surface area contributed by atoms with Gasteiger partial charge in [0.2, 0.25) is 5.91 Å². The molecule has 0 radical (unpaired) electrons. The Morgan fingerprint density at radius 1 is 1.29 bits per heavy atom. The summed E-state index contributed by atoms with van der Waals surface area (Å²) >= 11 is 5.09. The van der Waals surface area contributed by atoms with Crippen molar-refractivity contribution in [1.29, 1.82) is 0 Å². The molecule has 150 valence electrons. The number of aromatic amines is 1. The molecule has 0 saturated carbocycles. The zero-order valence-electron chi connectivity index (χ0n) is 16.6. The van der Waals surface area contributed by atoms with Crippen molar-refractivity contribution in [3.05, 3.63) is 45.5 Å². The maximum Gasteiger partial charge on any atom is 0.253 e.